The fraction of sp³-hybridized carbons (Fsp3) is 0.467. The van der Waals surface area contributed by atoms with Gasteiger partial charge in [0, 0.05) is 14.1 Å². The molecule has 2 rings (SSSR count). The van der Waals surface area contributed by atoms with E-state index >= 15 is 0 Å². The van der Waals surface area contributed by atoms with Gasteiger partial charge in [-0.15, -0.1) is 0 Å². The normalized spacial score (nSPS) is 17.2. The van der Waals surface area contributed by atoms with Crippen LogP contribution in [0, 0.1) is 0 Å². The van der Waals surface area contributed by atoms with Crippen molar-refractivity contribution in [1.82, 2.24) is 10.2 Å². The molecular weight excluding hydrogens is 288 g/mol. The van der Waals surface area contributed by atoms with Gasteiger partial charge in [-0.2, -0.15) is 0 Å². The van der Waals surface area contributed by atoms with Crippen molar-refractivity contribution in [2.75, 3.05) is 19.8 Å². The number of amides is 1. The second-order valence-electron chi connectivity index (χ2n) is 5.16. The number of benzene rings is 1. The Labute approximate surface area is 130 Å². The van der Waals surface area contributed by atoms with Crippen LogP contribution in [-0.4, -0.2) is 35.0 Å². The van der Waals surface area contributed by atoms with E-state index in [2.05, 4.69) is 23.5 Å². The molecule has 0 saturated carbocycles. The molecule has 0 saturated heterocycles. The smallest absolute Gasteiger partial charge is 0.230 e. The van der Waals surface area contributed by atoms with Crippen LogP contribution in [0.1, 0.15) is 30.0 Å². The third kappa shape index (κ3) is 3.96. The maximum Gasteiger partial charge on any atom is 0.230 e. The molecule has 3 nitrogen and oxygen atoms in total. The van der Waals surface area contributed by atoms with Gasteiger partial charge >= 0.3 is 0 Å². The fourth-order valence-corrected chi connectivity index (χ4v) is 3.17. The molecule has 1 aliphatic carbocycles. The van der Waals surface area contributed by atoms with E-state index in [0.717, 1.165) is 23.6 Å². The van der Waals surface area contributed by atoms with Crippen molar-refractivity contribution in [3.63, 3.8) is 0 Å². The van der Waals surface area contributed by atoms with Gasteiger partial charge in [-0.1, -0.05) is 48.2 Å². The summed E-state index contributed by atoms with van der Waals surface area (Å²) < 4.78 is 0.740. The summed E-state index contributed by atoms with van der Waals surface area (Å²) in [5.41, 5.74) is 2.63. The van der Waals surface area contributed by atoms with Crippen LogP contribution in [-0.2, 0) is 11.2 Å². The number of thiocarbonyl (C=S) groups is 1. The molecule has 1 aromatic rings. The molecule has 0 fully saturated rings. The largest absolute Gasteiger partial charge is 0.364 e. The van der Waals surface area contributed by atoms with Gasteiger partial charge in [-0.25, -0.2) is 0 Å². The summed E-state index contributed by atoms with van der Waals surface area (Å²) in [5, 5.41) is 3.13. The molecule has 0 unspecified atom stereocenters. The van der Waals surface area contributed by atoms with Gasteiger partial charge in [0.15, 0.2) is 0 Å². The number of hydrogen-bond donors (Lipinski definition) is 1. The van der Waals surface area contributed by atoms with Crippen molar-refractivity contribution in [3.05, 3.63) is 35.4 Å². The lowest BCUT2D eigenvalue weighted by Crippen LogP contribution is -2.32. The Balaban J connectivity index is 1.91. The Hall–Kier alpha value is -1.07. The molecule has 1 aromatic carbocycles. The predicted octanol–water partition coefficient (Wildman–Crippen LogP) is 2.76. The van der Waals surface area contributed by atoms with Crippen LogP contribution in [0.15, 0.2) is 24.3 Å². The topological polar surface area (TPSA) is 32.3 Å². The highest BCUT2D eigenvalue weighted by molar-refractivity contribution is 8.23. The first kappa shape index (κ1) is 15.3. The number of hydrogen-bond acceptors (Lipinski definition) is 3. The van der Waals surface area contributed by atoms with Crippen molar-refractivity contribution < 1.29 is 4.79 Å². The average Bonchev–Trinajstić information content (AvgIpc) is 2.45. The lowest BCUT2D eigenvalue weighted by molar-refractivity contribution is -0.119. The molecule has 0 spiro atoms. The summed E-state index contributed by atoms with van der Waals surface area (Å²) in [5.74, 6) is 0.441. The Morgan fingerprint density at radius 1 is 1.45 bits per heavy atom. The number of aryl methyl sites for hydroxylation is 1. The van der Waals surface area contributed by atoms with Crippen LogP contribution < -0.4 is 5.32 Å². The van der Waals surface area contributed by atoms with Crippen molar-refractivity contribution in [1.29, 1.82) is 0 Å². The number of thioether (sulfide) groups is 1. The lowest BCUT2D eigenvalue weighted by atomic mass is 9.88. The molecule has 5 heteroatoms. The van der Waals surface area contributed by atoms with Crippen LogP contribution >= 0.6 is 24.0 Å². The summed E-state index contributed by atoms with van der Waals surface area (Å²) in [4.78, 5) is 13.9. The Morgan fingerprint density at radius 3 is 2.95 bits per heavy atom. The molecule has 20 heavy (non-hydrogen) atoms. The van der Waals surface area contributed by atoms with Gasteiger partial charge in [-0.3, -0.25) is 4.79 Å². The minimum absolute atomic E-state index is 0.0564. The van der Waals surface area contributed by atoms with E-state index in [1.807, 2.05) is 25.1 Å². The summed E-state index contributed by atoms with van der Waals surface area (Å²) in [6.45, 7) is 0. The molecule has 0 radical (unpaired) electrons. The summed E-state index contributed by atoms with van der Waals surface area (Å²) in [6.07, 6.45) is 3.26. The highest BCUT2D eigenvalue weighted by Crippen LogP contribution is 2.29. The highest BCUT2D eigenvalue weighted by Gasteiger charge is 2.21. The Bertz CT molecular complexity index is 502. The quantitative estimate of drug-likeness (QED) is 0.870. The molecule has 0 bridgehead atoms. The van der Waals surface area contributed by atoms with Gasteiger partial charge in [0.25, 0.3) is 0 Å². The van der Waals surface area contributed by atoms with E-state index in [0.29, 0.717) is 5.75 Å². The number of carbonyl (C=O) groups is 1. The van der Waals surface area contributed by atoms with E-state index in [1.165, 1.54) is 22.9 Å². The summed E-state index contributed by atoms with van der Waals surface area (Å²) in [6, 6.07) is 8.54. The fourth-order valence-electron chi connectivity index (χ4n) is 2.40. The van der Waals surface area contributed by atoms with Gasteiger partial charge < -0.3 is 10.2 Å². The molecule has 1 amide bonds. The minimum Gasteiger partial charge on any atom is -0.364 e. The number of nitrogens with one attached hydrogen (secondary N) is 1. The zero-order chi connectivity index (χ0) is 14.5. The van der Waals surface area contributed by atoms with Crippen molar-refractivity contribution >= 4 is 34.2 Å². The van der Waals surface area contributed by atoms with Crippen molar-refractivity contribution in [3.8, 4) is 0 Å². The number of rotatable bonds is 3. The zero-order valence-electron chi connectivity index (χ0n) is 11.9. The molecule has 1 aliphatic rings. The van der Waals surface area contributed by atoms with Crippen LogP contribution in [0.3, 0.4) is 0 Å². The van der Waals surface area contributed by atoms with Crippen LogP contribution in [0.5, 0.6) is 0 Å². The maximum absolute atomic E-state index is 12.0. The number of fused-ring (bicyclic) bond motifs is 1. The molecule has 0 aliphatic heterocycles. The lowest BCUT2D eigenvalue weighted by Gasteiger charge is -2.26. The molecule has 1 atom stereocenters. The second-order valence-corrected chi connectivity index (χ2v) is 6.77. The van der Waals surface area contributed by atoms with Gasteiger partial charge in [-0.05, 0) is 30.4 Å². The van der Waals surface area contributed by atoms with Crippen LogP contribution in [0.25, 0.3) is 0 Å². The first-order valence-electron chi connectivity index (χ1n) is 6.79. The van der Waals surface area contributed by atoms with E-state index in [9.17, 15) is 4.79 Å². The molecule has 1 N–H and O–H groups in total. The van der Waals surface area contributed by atoms with Gasteiger partial charge in [0.2, 0.25) is 5.91 Å². The van der Waals surface area contributed by atoms with Crippen LogP contribution in [0.4, 0.5) is 0 Å². The standard InChI is InChI=1S/C15H20N2OS2/c1-17(2)15(19)20-10-14(18)16-13-9-5-7-11-6-3-4-8-12(11)13/h3-4,6,8,13H,5,7,9-10H2,1-2H3,(H,16,18)/t13-/m0/s1. The van der Waals surface area contributed by atoms with Gasteiger partial charge in [0.05, 0.1) is 11.8 Å². The Morgan fingerprint density at radius 2 is 2.20 bits per heavy atom. The molecule has 0 aromatic heterocycles. The monoisotopic (exact) mass is 308 g/mol. The maximum atomic E-state index is 12.0. The molecular formula is C15H20N2OS2. The van der Waals surface area contributed by atoms with E-state index in [1.54, 1.807) is 0 Å². The number of nitrogens with zero attached hydrogens (tertiary/aromatic N) is 1. The summed E-state index contributed by atoms with van der Waals surface area (Å²) in [7, 11) is 3.79. The highest BCUT2D eigenvalue weighted by atomic mass is 32.2. The number of carbonyl (C=O) groups excluding carboxylic acids is 1. The van der Waals surface area contributed by atoms with Crippen molar-refractivity contribution in [2.24, 2.45) is 0 Å². The van der Waals surface area contributed by atoms with Crippen molar-refractivity contribution in [2.45, 2.75) is 25.3 Å². The van der Waals surface area contributed by atoms with Gasteiger partial charge in [0.1, 0.15) is 4.32 Å². The average molecular weight is 308 g/mol. The van der Waals surface area contributed by atoms with Crippen LogP contribution in [0.2, 0.25) is 0 Å². The molecule has 108 valence electrons. The first-order chi connectivity index (χ1) is 9.58. The van der Waals surface area contributed by atoms with E-state index < -0.39 is 0 Å². The van der Waals surface area contributed by atoms with E-state index in [4.69, 9.17) is 12.2 Å². The predicted molar refractivity (Wildman–Crippen MR) is 89.0 cm³/mol. The summed E-state index contributed by atoms with van der Waals surface area (Å²) >= 11 is 6.58. The minimum atomic E-state index is 0.0564. The third-order valence-corrected chi connectivity index (χ3v) is 5.13. The van der Waals surface area contributed by atoms with E-state index in [-0.39, 0.29) is 11.9 Å². The second kappa shape index (κ2) is 7.09. The third-order valence-electron chi connectivity index (χ3n) is 3.40. The Kier molecular flexibility index (Phi) is 5.43. The SMILES string of the molecule is CN(C)C(=S)SCC(=O)N[C@H]1CCCc2ccccc21. The first-order valence-corrected chi connectivity index (χ1v) is 8.18. The zero-order valence-corrected chi connectivity index (χ0v) is 13.5. The molecule has 0 heterocycles.